The maximum atomic E-state index is 13.3. The van der Waals surface area contributed by atoms with Crippen LogP contribution in [0.1, 0.15) is 87.1 Å². The van der Waals surface area contributed by atoms with Crippen molar-refractivity contribution in [3.8, 4) is 0 Å². The Balaban J connectivity index is 1.93. The second-order valence-corrected chi connectivity index (χ2v) is 14.4. The third kappa shape index (κ3) is 13.4. The van der Waals surface area contributed by atoms with Crippen LogP contribution in [0.2, 0.25) is 0 Å². The van der Waals surface area contributed by atoms with Crippen molar-refractivity contribution in [3.63, 3.8) is 0 Å². The molecule has 2 aromatic rings. The molecular weight excluding hydrogens is 720 g/mol. The van der Waals surface area contributed by atoms with E-state index in [4.69, 9.17) is 23.0 Å². The number of ether oxygens (including phenoxy) is 3. The van der Waals surface area contributed by atoms with Crippen LogP contribution in [0.25, 0.3) is 6.08 Å². The van der Waals surface area contributed by atoms with Gasteiger partial charge in [0.15, 0.2) is 17.3 Å². The van der Waals surface area contributed by atoms with Crippen molar-refractivity contribution in [1.29, 1.82) is 0 Å². The number of carbonyl (C=O) groups excluding carboxylic acids is 2. The third-order valence-electron chi connectivity index (χ3n) is 9.44. The molecule has 7 atom stereocenters. The normalized spacial score (nSPS) is 27.4. The lowest BCUT2D eigenvalue weighted by atomic mass is 9.79. The van der Waals surface area contributed by atoms with Gasteiger partial charge in [0.25, 0.3) is 0 Å². The number of oxazole rings is 2. The summed E-state index contributed by atoms with van der Waals surface area (Å²) in [6, 6.07) is 0. The number of hydrogen-bond acceptors (Lipinski definition) is 13. The van der Waals surface area contributed by atoms with E-state index in [-0.39, 0.29) is 42.4 Å². The van der Waals surface area contributed by atoms with Gasteiger partial charge < -0.3 is 43.5 Å². The van der Waals surface area contributed by atoms with Gasteiger partial charge in [-0.25, -0.2) is 19.6 Å². The second-order valence-electron chi connectivity index (χ2n) is 14.4. The number of esters is 2. The molecule has 0 radical (unpaired) electrons. The largest absolute Gasteiger partial charge is 0.457 e. The molecule has 3 rings (SSSR count). The fourth-order valence-electron chi connectivity index (χ4n) is 5.47. The van der Waals surface area contributed by atoms with Gasteiger partial charge in [-0.15, -0.1) is 0 Å². The summed E-state index contributed by atoms with van der Waals surface area (Å²) in [4.78, 5) is 35.0. The van der Waals surface area contributed by atoms with Gasteiger partial charge in [-0.05, 0) is 13.8 Å². The maximum absolute atomic E-state index is 13.3. The summed E-state index contributed by atoms with van der Waals surface area (Å²) in [6.07, 6.45) is 22.5. The summed E-state index contributed by atoms with van der Waals surface area (Å²) >= 11 is 0. The van der Waals surface area contributed by atoms with Crippen molar-refractivity contribution in [3.05, 3.63) is 127 Å². The average molecular weight is 777 g/mol. The molecule has 0 amide bonds. The molecule has 0 saturated heterocycles. The molecule has 13 heteroatoms. The van der Waals surface area contributed by atoms with Crippen LogP contribution in [0, 0.1) is 10.8 Å². The molecule has 4 bridgehead atoms. The van der Waals surface area contributed by atoms with E-state index in [9.17, 15) is 30.0 Å². The van der Waals surface area contributed by atoms with Crippen LogP contribution in [0.5, 0.6) is 0 Å². The Hall–Kier alpha value is -4.92. The summed E-state index contributed by atoms with van der Waals surface area (Å²) in [5, 5.41) is 42.9. The van der Waals surface area contributed by atoms with Gasteiger partial charge in [-0.3, -0.25) is 0 Å². The minimum atomic E-state index is -1.32. The molecule has 0 spiro atoms. The maximum Gasteiger partial charge on any atom is 0.360 e. The minimum absolute atomic E-state index is 0.0613. The summed E-state index contributed by atoms with van der Waals surface area (Å²) in [5.74, 6) is -1.15. The first kappa shape index (κ1) is 45.5. The van der Waals surface area contributed by atoms with E-state index < -0.39 is 65.5 Å². The smallest absolute Gasteiger partial charge is 0.360 e. The van der Waals surface area contributed by atoms with E-state index in [1.54, 1.807) is 102 Å². The average Bonchev–Trinajstić information content (AvgIpc) is 3.84. The highest BCUT2D eigenvalue weighted by atomic mass is 16.6. The van der Waals surface area contributed by atoms with Crippen molar-refractivity contribution in [2.24, 2.45) is 10.8 Å². The van der Waals surface area contributed by atoms with E-state index in [1.807, 2.05) is 6.08 Å². The number of aliphatic hydroxyl groups is 4. The zero-order valence-corrected chi connectivity index (χ0v) is 33.1. The van der Waals surface area contributed by atoms with Gasteiger partial charge in [-0.2, -0.15) is 0 Å². The van der Waals surface area contributed by atoms with Gasteiger partial charge in [0.1, 0.15) is 36.9 Å². The number of hydrogen-bond donors (Lipinski definition) is 4. The Morgan fingerprint density at radius 2 is 1.27 bits per heavy atom. The number of aromatic nitrogens is 2. The summed E-state index contributed by atoms with van der Waals surface area (Å²) in [6.45, 7) is 10.7. The zero-order chi connectivity index (χ0) is 41.3. The third-order valence-corrected chi connectivity index (χ3v) is 9.44. The van der Waals surface area contributed by atoms with Crippen LogP contribution in [0.3, 0.4) is 0 Å². The molecule has 1 aliphatic heterocycles. The number of carbonyl (C=O) groups is 2. The van der Waals surface area contributed by atoms with E-state index >= 15 is 0 Å². The van der Waals surface area contributed by atoms with Gasteiger partial charge in [-0.1, -0.05) is 119 Å². The van der Waals surface area contributed by atoms with Crippen molar-refractivity contribution in [1.82, 2.24) is 9.97 Å². The molecule has 0 saturated carbocycles. The molecule has 2 aromatic heterocycles. The highest BCUT2D eigenvalue weighted by Gasteiger charge is 2.39. The first-order valence-corrected chi connectivity index (χ1v) is 18.5. The van der Waals surface area contributed by atoms with Gasteiger partial charge in [0.05, 0.1) is 24.7 Å². The quantitative estimate of drug-likeness (QED) is 0.183. The summed E-state index contributed by atoms with van der Waals surface area (Å²) < 4.78 is 28.3. The standard InChI is InChI=1S/C43H56N2O11/c1-8-18-34(48)42(3,4)36-23-14-12-10-11-13-20-29(52-7)26-39-45-31(28-54-39)41(51)56-37(43(5,6)35(49)19-9-2)24-17-22-33(47)32(46)21-15-16-25-38-44-30(27-53-38)40(50)55-36/h8-22,25,27-29,32-37,46-49H,23-24,26H2,1-7H3/b11-10-,14-12+,18-8+,19-9+,20-13+,21-15+,22-17-,25-16-/t29-,32-,33+,34-,35-,36+,37-/m0/s1. The molecule has 56 heavy (non-hydrogen) atoms. The number of cyclic esters (lactones) is 2. The van der Waals surface area contributed by atoms with E-state index in [0.717, 1.165) is 0 Å². The number of aliphatic hydroxyl groups excluding tert-OH is 4. The molecule has 0 aliphatic carbocycles. The fourth-order valence-corrected chi connectivity index (χ4v) is 5.47. The Morgan fingerprint density at radius 1 is 0.732 bits per heavy atom. The highest BCUT2D eigenvalue weighted by molar-refractivity contribution is 5.87. The Labute approximate surface area is 328 Å². The molecule has 1 aliphatic rings. The molecule has 0 unspecified atom stereocenters. The minimum Gasteiger partial charge on any atom is -0.457 e. The van der Waals surface area contributed by atoms with Crippen LogP contribution in [0.15, 0.2) is 113 Å². The van der Waals surface area contributed by atoms with Crippen LogP contribution >= 0.6 is 0 Å². The van der Waals surface area contributed by atoms with Crippen molar-refractivity contribution in [2.75, 3.05) is 7.11 Å². The van der Waals surface area contributed by atoms with Crippen LogP contribution in [-0.2, 0) is 20.6 Å². The topological polar surface area (TPSA) is 195 Å². The van der Waals surface area contributed by atoms with E-state index in [2.05, 4.69) is 9.97 Å². The Kier molecular flexibility index (Phi) is 17.8. The van der Waals surface area contributed by atoms with Crippen LogP contribution in [0.4, 0.5) is 0 Å². The highest BCUT2D eigenvalue weighted by Crippen LogP contribution is 2.33. The summed E-state index contributed by atoms with van der Waals surface area (Å²) in [5.41, 5.74) is -1.97. The molecule has 0 aromatic carbocycles. The molecule has 4 N–H and O–H groups in total. The monoisotopic (exact) mass is 776 g/mol. The first-order chi connectivity index (χ1) is 26.6. The van der Waals surface area contributed by atoms with Crippen LogP contribution < -0.4 is 0 Å². The Bertz CT molecular complexity index is 1790. The van der Waals surface area contributed by atoms with E-state index in [0.29, 0.717) is 0 Å². The number of fused-ring (bicyclic) bond motifs is 4. The molecule has 0 fully saturated rings. The number of rotatable bonds is 7. The lowest BCUT2D eigenvalue weighted by molar-refractivity contribution is -0.0462. The number of allylic oxidation sites excluding steroid dienone is 8. The predicted octanol–water partition coefficient (Wildman–Crippen LogP) is 6.21. The number of methoxy groups -OCH3 is 1. The van der Waals surface area contributed by atoms with Crippen molar-refractivity contribution in [2.45, 2.75) is 104 Å². The molecule has 13 nitrogen and oxygen atoms in total. The van der Waals surface area contributed by atoms with Crippen molar-refractivity contribution >= 4 is 18.0 Å². The second kappa shape index (κ2) is 22.0. The lowest BCUT2D eigenvalue weighted by Gasteiger charge is -2.36. The van der Waals surface area contributed by atoms with Crippen LogP contribution in [-0.4, -0.2) is 92.2 Å². The molecule has 3 heterocycles. The first-order valence-electron chi connectivity index (χ1n) is 18.5. The van der Waals surface area contributed by atoms with Crippen molar-refractivity contribution < 1.29 is 53.1 Å². The summed E-state index contributed by atoms with van der Waals surface area (Å²) in [7, 11) is 1.53. The lowest BCUT2D eigenvalue weighted by Crippen LogP contribution is -2.42. The van der Waals surface area contributed by atoms with Gasteiger partial charge in [0, 0.05) is 36.9 Å². The predicted molar refractivity (Wildman–Crippen MR) is 211 cm³/mol. The van der Waals surface area contributed by atoms with Gasteiger partial charge in [0.2, 0.25) is 5.89 Å². The number of nitrogens with zero attached hydrogens (tertiary/aromatic N) is 2. The zero-order valence-electron chi connectivity index (χ0n) is 33.1. The van der Waals surface area contributed by atoms with E-state index in [1.165, 1.54) is 50.0 Å². The fraction of sp³-hybridized carbons (Fsp3) is 0.442. The SMILES string of the molecule is C/C=C/[C@H](O)C(C)(C)[C@@H]1C/C=C\[C@@H](O)[C@@H](O)/C=C/C=C\c2nc(co2)C(=O)O[C@@H](C(C)(C)[C@@H](O)/C=C/C)C/C=C/C=C\C=C\[C@H](OC)Cc2nc(co2)C(=O)O1. The van der Waals surface area contributed by atoms with Gasteiger partial charge >= 0.3 is 11.9 Å². The Morgan fingerprint density at radius 3 is 1.88 bits per heavy atom. The molecule has 304 valence electrons. The molecular formula is C43H56N2O11.